The predicted molar refractivity (Wildman–Crippen MR) is 41.6 cm³/mol. The maximum atomic E-state index is 10.4. The summed E-state index contributed by atoms with van der Waals surface area (Å²) < 4.78 is 5.03. The zero-order valence-electron chi connectivity index (χ0n) is 6.96. The molecule has 0 saturated heterocycles. The lowest BCUT2D eigenvalue weighted by molar-refractivity contribution is -0.150. The molecule has 0 fully saturated rings. The van der Waals surface area contributed by atoms with E-state index in [2.05, 4.69) is 5.32 Å². The summed E-state index contributed by atoms with van der Waals surface area (Å²) in [6.07, 6.45) is -0.137. The van der Waals surface area contributed by atoms with Crippen LogP contribution in [0.2, 0.25) is 0 Å². The van der Waals surface area contributed by atoms with Crippen LogP contribution in [0.4, 0.5) is 0 Å². The Kier molecular flexibility index (Phi) is 5.78. The number of aliphatic carboxylic acids is 1. The summed E-state index contributed by atoms with van der Waals surface area (Å²) in [5.41, 5.74) is 0. The van der Waals surface area contributed by atoms with Crippen LogP contribution in [0.25, 0.3) is 0 Å². The largest absolute Gasteiger partial charge is 0.479 e. The fourth-order valence-corrected chi connectivity index (χ4v) is 0.667. The molecule has 0 saturated carbocycles. The van der Waals surface area contributed by atoms with Gasteiger partial charge in [-0.15, -0.1) is 0 Å². The number of hydrogen-bond acceptors (Lipinski definition) is 3. The van der Waals surface area contributed by atoms with Gasteiger partial charge >= 0.3 is 5.97 Å². The van der Waals surface area contributed by atoms with Crippen molar-refractivity contribution in [1.82, 2.24) is 5.32 Å². The Balaban J connectivity index is 3.44. The number of hydrogen-bond donors (Lipinski definition) is 2. The zero-order chi connectivity index (χ0) is 8.69. The Hall–Kier alpha value is -0.610. The Morgan fingerprint density at radius 2 is 2.36 bits per heavy atom. The highest BCUT2D eigenvalue weighted by molar-refractivity contribution is 5.72. The lowest BCUT2D eigenvalue weighted by Gasteiger charge is -2.10. The first-order valence-electron chi connectivity index (χ1n) is 3.71. The van der Waals surface area contributed by atoms with Gasteiger partial charge in [-0.3, -0.25) is 0 Å². The van der Waals surface area contributed by atoms with Gasteiger partial charge in [-0.05, 0) is 13.5 Å². The van der Waals surface area contributed by atoms with Crippen LogP contribution in [-0.4, -0.2) is 37.4 Å². The van der Waals surface area contributed by atoms with E-state index in [-0.39, 0.29) is 0 Å². The first-order valence-corrected chi connectivity index (χ1v) is 3.71. The molecule has 0 aromatic carbocycles. The Bertz CT molecular complexity index is 116. The van der Waals surface area contributed by atoms with Crippen LogP contribution in [0.1, 0.15) is 13.3 Å². The lowest BCUT2D eigenvalue weighted by Crippen LogP contribution is -2.26. The van der Waals surface area contributed by atoms with Gasteiger partial charge < -0.3 is 15.2 Å². The molecule has 1 atom stereocenters. The van der Waals surface area contributed by atoms with Crippen LogP contribution < -0.4 is 5.32 Å². The molecule has 66 valence electrons. The molecule has 0 radical (unpaired) electrons. The van der Waals surface area contributed by atoms with Crippen molar-refractivity contribution in [1.29, 1.82) is 0 Å². The molecule has 4 nitrogen and oxygen atoms in total. The van der Waals surface area contributed by atoms with Crippen LogP contribution in [0.3, 0.4) is 0 Å². The Labute approximate surface area is 66.5 Å². The van der Waals surface area contributed by atoms with Crippen LogP contribution in [0.5, 0.6) is 0 Å². The van der Waals surface area contributed by atoms with E-state index in [0.717, 1.165) is 0 Å². The highest BCUT2D eigenvalue weighted by Gasteiger charge is 2.13. The topological polar surface area (TPSA) is 58.6 Å². The van der Waals surface area contributed by atoms with Crippen LogP contribution in [-0.2, 0) is 9.53 Å². The van der Waals surface area contributed by atoms with Gasteiger partial charge in [0, 0.05) is 6.54 Å². The van der Waals surface area contributed by atoms with Crippen LogP contribution in [0.15, 0.2) is 0 Å². The number of carboxylic acids is 1. The normalized spacial score (nSPS) is 12.9. The molecule has 0 aliphatic heterocycles. The van der Waals surface area contributed by atoms with Crippen molar-refractivity contribution in [3.63, 3.8) is 0 Å². The minimum atomic E-state index is -0.886. The fraction of sp³-hybridized carbons (Fsp3) is 0.857. The van der Waals surface area contributed by atoms with Gasteiger partial charge in [-0.1, -0.05) is 6.92 Å². The lowest BCUT2D eigenvalue weighted by atomic mass is 10.3. The van der Waals surface area contributed by atoms with E-state index in [1.165, 1.54) is 0 Å². The molecule has 2 N–H and O–H groups in total. The molecule has 0 rings (SSSR count). The summed E-state index contributed by atoms with van der Waals surface area (Å²) >= 11 is 0. The summed E-state index contributed by atoms with van der Waals surface area (Å²) in [5.74, 6) is -0.886. The number of ether oxygens (including phenoxy) is 1. The second-order valence-corrected chi connectivity index (χ2v) is 2.21. The molecule has 0 amide bonds. The molecular weight excluding hydrogens is 146 g/mol. The summed E-state index contributed by atoms with van der Waals surface area (Å²) in [6.45, 7) is 2.92. The standard InChI is InChI=1S/C7H15NO3/c1-3-6(7(9)10)11-5-4-8-2/h6,8H,3-5H2,1-2H3,(H,9,10). The van der Waals surface area contributed by atoms with Crippen molar-refractivity contribution in [2.24, 2.45) is 0 Å². The highest BCUT2D eigenvalue weighted by Crippen LogP contribution is 1.96. The smallest absolute Gasteiger partial charge is 0.332 e. The van der Waals surface area contributed by atoms with Crippen molar-refractivity contribution >= 4 is 5.97 Å². The van der Waals surface area contributed by atoms with E-state index in [0.29, 0.717) is 19.6 Å². The van der Waals surface area contributed by atoms with E-state index in [4.69, 9.17) is 9.84 Å². The van der Waals surface area contributed by atoms with Gasteiger partial charge in [0.1, 0.15) is 0 Å². The molecule has 4 heteroatoms. The summed E-state index contributed by atoms with van der Waals surface area (Å²) in [4.78, 5) is 10.4. The molecule has 0 aromatic rings. The second kappa shape index (κ2) is 6.12. The van der Waals surface area contributed by atoms with Crippen molar-refractivity contribution in [2.75, 3.05) is 20.2 Å². The summed E-state index contributed by atoms with van der Waals surface area (Å²) in [5, 5.41) is 11.4. The van der Waals surface area contributed by atoms with Crippen LogP contribution in [0, 0.1) is 0 Å². The Morgan fingerprint density at radius 3 is 2.73 bits per heavy atom. The van der Waals surface area contributed by atoms with Crippen molar-refractivity contribution in [2.45, 2.75) is 19.4 Å². The maximum absolute atomic E-state index is 10.4. The van der Waals surface area contributed by atoms with E-state index >= 15 is 0 Å². The van der Waals surface area contributed by atoms with Gasteiger partial charge in [-0.25, -0.2) is 4.79 Å². The van der Waals surface area contributed by atoms with Gasteiger partial charge in [0.05, 0.1) is 6.61 Å². The van der Waals surface area contributed by atoms with Crippen molar-refractivity contribution in [3.8, 4) is 0 Å². The minimum Gasteiger partial charge on any atom is -0.479 e. The first-order chi connectivity index (χ1) is 5.22. The SMILES string of the molecule is CCC(OCCNC)C(=O)O. The van der Waals surface area contributed by atoms with Gasteiger partial charge in [0.2, 0.25) is 0 Å². The molecular formula is C7H15NO3. The quantitative estimate of drug-likeness (QED) is 0.542. The molecule has 0 aliphatic carbocycles. The summed E-state index contributed by atoms with van der Waals surface area (Å²) in [6, 6.07) is 0. The molecule has 0 aromatic heterocycles. The minimum absolute atomic E-state index is 0.446. The van der Waals surface area contributed by atoms with E-state index in [1.54, 1.807) is 14.0 Å². The molecule has 11 heavy (non-hydrogen) atoms. The fourth-order valence-electron chi connectivity index (χ4n) is 0.667. The van der Waals surface area contributed by atoms with E-state index < -0.39 is 12.1 Å². The van der Waals surface area contributed by atoms with Crippen LogP contribution >= 0.6 is 0 Å². The average molecular weight is 161 g/mol. The molecule has 0 bridgehead atoms. The molecule has 0 spiro atoms. The third-order valence-electron chi connectivity index (χ3n) is 1.32. The number of rotatable bonds is 6. The highest BCUT2D eigenvalue weighted by atomic mass is 16.5. The van der Waals surface area contributed by atoms with E-state index in [1.807, 2.05) is 0 Å². The molecule has 0 aliphatic rings. The molecule has 1 unspecified atom stereocenters. The number of carbonyl (C=O) groups is 1. The third-order valence-corrected chi connectivity index (χ3v) is 1.32. The van der Waals surface area contributed by atoms with Gasteiger partial charge in [0.25, 0.3) is 0 Å². The molecule has 0 heterocycles. The predicted octanol–water partition coefficient (Wildman–Crippen LogP) is 0.0856. The number of likely N-dealkylation sites (N-methyl/N-ethyl adjacent to an activating group) is 1. The van der Waals surface area contributed by atoms with Gasteiger partial charge in [-0.2, -0.15) is 0 Å². The number of nitrogens with one attached hydrogen (secondary N) is 1. The average Bonchev–Trinajstić information content (AvgIpc) is 1.97. The van der Waals surface area contributed by atoms with Crippen molar-refractivity contribution < 1.29 is 14.6 Å². The monoisotopic (exact) mass is 161 g/mol. The van der Waals surface area contributed by atoms with Gasteiger partial charge in [0.15, 0.2) is 6.10 Å². The van der Waals surface area contributed by atoms with E-state index in [9.17, 15) is 4.79 Å². The second-order valence-electron chi connectivity index (χ2n) is 2.21. The number of carboxylic acid groups (broad SMARTS) is 1. The third kappa shape index (κ3) is 4.75. The zero-order valence-corrected chi connectivity index (χ0v) is 6.96. The van der Waals surface area contributed by atoms with Crippen molar-refractivity contribution in [3.05, 3.63) is 0 Å². The first kappa shape index (κ1) is 10.4. The maximum Gasteiger partial charge on any atom is 0.332 e. The Morgan fingerprint density at radius 1 is 1.73 bits per heavy atom. The summed E-state index contributed by atoms with van der Waals surface area (Å²) in [7, 11) is 1.80.